The molecule has 1 amide bonds. The molecule has 2 aromatic rings. The van der Waals surface area contributed by atoms with Crippen LogP contribution < -0.4 is 21.1 Å². The number of nitrogens with one attached hydrogen (secondary N) is 2. The number of halogens is 1. The van der Waals surface area contributed by atoms with Gasteiger partial charge in [-0.1, -0.05) is 11.6 Å². The van der Waals surface area contributed by atoms with Gasteiger partial charge in [0.05, 0.1) is 23.8 Å². The van der Waals surface area contributed by atoms with Gasteiger partial charge in [-0.2, -0.15) is 5.10 Å². The number of carbonyl (C=O) groups is 1. The maximum Gasteiger partial charge on any atom is 0.288 e. The highest BCUT2D eigenvalue weighted by Crippen LogP contribution is 2.54. The Kier molecular flexibility index (Phi) is 6.03. The molecule has 0 unspecified atom stereocenters. The predicted molar refractivity (Wildman–Crippen MR) is 128 cm³/mol. The van der Waals surface area contributed by atoms with Crippen LogP contribution in [-0.4, -0.2) is 40.8 Å². The molecule has 0 aliphatic heterocycles. The van der Waals surface area contributed by atoms with Crippen LogP contribution in [-0.2, 0) is 17.9 Å². The summed E-state index contributed by atoms with van der Waals surface area (Å²) in [4.78, 5) is 31.4. The minimum atomic E-state index is -0.446. The summed E-state index contributed by atoms with van der Waals surface area (Å²) in [5.41, 5.74) is 2.01. The van der Waals surface area contributed by atoms with Crippen molar-refractivity contribution in [2.24, 2.45) is 23.7 Å². The quantitative estimate of drug-likeness (QED) is 0.646. The highest BCUT2D eigenvalue weighted by molar-refractivity contribution is 6.32. The van der Waals surface area contributed by atoms with E-state index in [1.165, 1.54) is 32.1 Å². The van der Waals surface area contributed by atoms with Crippen LogP contribution in [0.1, 0.15) is 37.7 Å². The molecule has 0 aromatic carbocycles. The van der Waals surface area contributed by atoms with Crippen molar-refractivity contribution in [2.45, 2.75) is 51.2 Å². The molecule has 0 spiro atoms. The van der Waals surface area contributed by atoms with E-state index in [1.807, 2.05) is 25.1 Å². The normalized spacial score (nSPS) is 27.4. The summed E-state index contributed by atoms with van der Waals surface area (Å²) in [5, 5.41) is 10.8. The number of amides is 1. The Hall–Kier alpha value is -2.61. The summed E-state index contributed by atoms with van der Waals surface area (Å²) in [6.45, 7) is 0.155. The third-order valence-corrected chi connectivity index (χ3v) is 8.04. The topological polar surface area (TPSA) is 92.2 Å². The highest BCUT2D eigenvalue weighted by atomic mass is 35.5. The van der Waals surface area contributed by atoms with Crippen LogP contribution in [0.25, 0.3) is 0 Å². The molecule has 9 heteroatoms. The maximum atomic E-state index is 12.8. The van der Waals surface area contributed by atoms with Crippen LogP contribution in [0.15, 0.2) is 29.5 Å². The van der Waals surface area contributed by atoms with Crippen molar-refractivity contribution in [3.8, 4) is 0 Å². The van der Waals surface area contributed by atoms with Crippen molar-refractivity contribution in [1.82, 2.24) is 20.1 Å². The number of anilines is 2. The van der Waals surface area contributed by atoms with Crippen molar-refractivity contribution in [2.75, 3.05) is 24.3 Å². The van der Waals surface area contributed by atoms with Gasteiger partial charge in [0.15, 0.2) is 0 Å². The first-order chi connectivity index (χ1) is 15.9. The Morgan fingerprint density at radius 3 is 2.52 bits per heavy atom. The maximum absolute atomic E-state index is 12.8. The Labute approximate surface area is 198 Å². The van der Waals surface area contributed by atoms with Gasteiger partial charge < -0.3 is 15.5 Å². The summed E-state index contributed by atoms with van der Waals surface area (Å²) in [6.07, 6.45) is 11.5. The van der Waals surface area contributed by atoms with Crippen LogP contribution in [0.5, 0.6) is 0 Å². The van der Waals surface area contributed by atoms with Gasteiger partial charge in [-0.15, -0.1) is 0 Å². The fraction of sp³-hybridized carbons (Fsp3) is 0.583. The molecule has 6 rings (SSSR count). The van der Waals surface area contributed by atoms with Crippen molar-refractivity contribution < 1.29 is 4.79 Å². The lowest BCUT2D eigenvalue weighted by atomic mass is 9.54. The summed E-state index contributed by atoms with van der Waals surface area (Å²) < 4.78 is 1.12. The fourth-order valence-corrected chi connectivity index (χ4v) is 6.57. The zero-order valence-corrected chi connectivity index (χ0v) is 19.9. The average Bonchev–Trinajstić information content (AvgIpc) is 2.79. The smallest absolute Gasteiger partial charge is 0.288 e. The minimum absolute atomic E-state index is 0.107. The molecule has 4 aliphatic rings. The van der Waals surface area contributed by atoms with E-state index in [1.54, 1.807) is 18.6 Å². The Morgan fingerprint density at radius 2 is 1.85 bits per heavy atom. The number of aromatic nitrogens is 3. The molecule has 176 valence electrons. The molecular weight excluding hydrogens is 440 g/mol. The van der Waals surface area contributed by atoms with Crippen molar-refractivity contribution in [3.63, 3.8) is 0 Å². The van der Waals surface area contributed by atoms with Gasteiger partial charge in [0, 0.05) is 32.9 Å². The van der Waals surface area contributed by atoms with E-state index in [4.69, 9.17) is 11.6 Å². The third kappa shape index (κ3) is 4.45. The minimum Gasteiger partial charge on any atom is -0.379 e. The van der Waals surface area contributed by atoms with Gasteiger partial charge in [0.2, 0.25) is 5.91 Å². The second kappa shape index (κ2) is 8.97. The van der Waals surface area contributed by atoms with Gasteiger partial charge in [-0.25, -0.2) is 4.68 Å². The second-order valence-electron chi connectivity index (χ2n) is 10.1. The zero-order valence-electron chi connectivity index (χ0n) is 19.1. The molecule has 0 atom stereocenters. The highest BCUT2D eigenvalue weighted by Gasteiger charge is 2.48. The van der Waals surface area contributed by atoms with E-state index >= 15 is 0 Å². The van der Waals surface area contributed by atoms with E-state index in [0.29, 0.717) is 30.1 Å². The van der Waals surface area contributed by atoms with E-state index in [-0.39, 0.29) is 17.5 Å². The molecule has 2 aromatic heterocycles. The van der Waals surface area contributed by atoms with Crippen LogP contribution in [0.3, 0.4) is 0 Å². The lowest BCUT2D eigenvalue weighted by molar-refractivity contribution is -0.122. The number of nitrogens with zero attached hydrogens (tertiary/aromatic N) is 4. The van der Waals surface area contributed by atoms with Gasteiger partial charge in [-0.05, 0) is 67.4 Å². The molecule has 4 bridgehead atoms. The Bertz CT molecular complexity index is 1070. The Morgan fingerprint density at radius 1 is 1.15 bits per heavy atom. The van der Waals surface area contributed by atoms with Gasteiger partial charge in [0.1, 0.15) is 11.6 Å². The van der Waals surface area contributed by atoms with Crippen molar-refractivity contribution >= 4 is 28.9 Å². The molecule has 4 fully saturated rings. The van der Waals surface area contributed by atoms with Crippen molar-refractivity contribution in [1.29, 1.82) is 0 Å². The monoisotopic (exact) mass is 470 g/mol. The van der Waals surface area contributed by atoms with Gasteiger partial charge in [-0.3, -0.25) is 14.6 Å². The predicted octanol–water partition coefficient (Wildman–Crippen LogP) is 2.91. The van der Waals surface area contributed by atoms with E-state index in [9.17, 15) is 9.59 Å². The number of carbonyl (C=O) groups excluding carboxylic acids is 1. The molecular formula is C24H31ClN6O2. The van der Waals surface area contributed by atoms with Crippen LogP contribution >= 0.6 is 11.6 Å². The van der Waals surface area contributed by atoms with E-state index in [2.05, 4.69) is 20.7 Å². The largest absolute Gasteiger partial charge is 0.379 e. The van der Waals surface area contributed by atoms with Gasteiger partial charge >= 0.3 is 0 Å². The third-order valence-electron chi connectivity index (χ3n) is 7.67. The summed E-state index contributed by atoms with van der Waals surface area (Å²) in [7, 11) is 3.85. The second-order valence-corrected chi connectivity index (χ2v) is 10.5. The number of pyridine rings is 1. The molecule has 0 saturated heterocycles. The summed E-state index contributed by atoms with van der Waals surface area (Å²) in [6, 6.07) is 2.23. The number of hydrogen-bond acceptors (Lipinski definition) is 6. The molecule has 0 radical (unpaired) electrons. The number of hydrogen-bond donors (Lipinski definition) is 2. The average molecular weight is 471 g/mol. The first-order valence-electron chi connectivity index (χ1n) is 11.8. The summed E-state index contributed by atoms with van der Waals surface area (Å²) >= 11 is 6.44. The number of rotatable bonds is 7. The van der Waals surface area contributed by atoms with Crippen LogP contribution in [0.2, 0.25) is 5.02 Å². The lowest BCUT2D eigenvalue weighted by Gasteiger charge is -2.54. The lowest BCUT2D eigenvalue weighted by Crippen LogP contribution is -2.51. The first kappa shape index (κ1) is 22.2. The van der Waals surface area contributed by atoms with Gasteiger partial charge in [0.25, 0.3) is 5.56 Å². The SMILES string of the molecule is CN(C)c1cnccc1CNC(=O)Cn1ncc(NC2C3CC4CC(C3)CC2C4)c(Cl)c1=O. The molecule has 2 N–H and O–H groups in total. The standard InChI is InChI=1S/C24H31ClN6O2/c1-30(2)20-12-26-4-3-16(20)10-27-21(32)13-31-24(33)22(25)19(11-28-31)29-23-17-6-14-5-15(8-17)9-18(23)7-14/h3-4,11-12,14-15,17-18,23,29H,5-10,13H2,1-2H3,(H,27,32). The molecule has 4 saturated carbocycles. The molecule has 2 heterocycles. The molecule has 33 heavy (non-hydrogen) atoms. The molecule has 8 nitrogen and oxygen atoms in total. The van der Waals surface area contributed by atoms with Crippen molar-refractivity contribution in [3.05, 3.63) is 45.6 Å². The first-order valence-corrected chi connectivity index (χ1v) is 12.2. The van der Waals surface area contributed by atoms with E-state index in [0.717, 1.165) is 27.8 Å². The zero-order chi connectivity index (χ0) is 23.1. The summed E-state index contributed by atoms with van der Waals surface area (Å²) in [5.74, 6) is 2.78. The van der Waals surface area contributed by atoms with Crippen LogP contribution in [0.4, 0.5) is 11.4 Å². The molecule has 4 aliphatic carbocycles. The van der Waals surface area contributed by atoms with E-state index < -0.39 is 5.56 Å². The Balaban J connectivity index is 1.23. The fourth-order valence-electron chi connectivity index (χ4n) is 6.37. The van der Waals surface area contributed by atoms with Crippen LogP contribution in [0, 0.1) is 23.7 Å².